The van der Waals surface area contributed by atoms with Gasteiger partial charge in [0.25, 0.3) is 0 Å². The van der Waals surface area contributed by atoms with Crippen LogP contribution in [-0.4, -0.2) is 57.1 Å². The number of benzene rings is 2. The molecule has 0 radical (unpaired) electrons. The second kappa shape index (κ2) is 12.8. The summed E-state index contributed by atoms with van der Waals surface area (Å²) in [6.07, 6.45) is 1.47. The van der Waals surface area contributed by atoms with Gasteiger partial charge in [0.1, 0.15) is 18.3 Å². The first-order chi connectivity index (χ1) is 16.9. The topological polar surface area (TPSA) is 96.0 Å². The van der Waals surface area contributed by atoms with Crippen LogP contribution in [0.3, 0.4) is 0 Å². The monoisotopic (exact) mass is 517 g/mol. The minimum absolute atomic E-state index is 0.0520. The minimum atomic E-state index is -3.79. The highest BCUT2D eigenvalue weighted by Crippen LogP contribution is 2.29. The molecule has 198 valence electrons. The third-order valence-electron chi connectivity index (χ3n) is 5.84. The average Bonchev–Trinajstić information content (AvgIpc) is 2.81. The number of ether oxygens (including phenoxy) is 1. The Hall–Kier alpha value is -3.07. The van der Waals surface area contributed by atoms with E-state index in [0.29, 0.717) is 17.9 Å². The van der Waals surface area contributed by atoms with Crippen LogP contribution in [0.4, 0.5) is 5.69 Å². The van der Waals surface area contributed by atoms with E-state index in [1.807, 2.05) is 58.9 Å². The number of hydrogen-bond acceptors (Lipinski definition) is 5. The summed E-state index contributed by atoms with van der Waals surface area (Å²) in [6, 6.07) is 13.5. The van der Waals surface area contributed by atoms with E-state index in [1.54, 1.807) is 31.4 Å². The van der Waals surface area contributed by atoms with E-state index in [4.69, 9.17) is 4.74 Å². The fourth-order valence-corrected chi connectivity index (χ4v) is 4.89. The number of amides is 2. The lowest BCUT2D eigenvalue weighted by atomic mass is 10.0. The molecule has 36 heavy (non-hydrogen) atoms. The molecule has 0 saturated carbocycles. The number of carbonyl (C=O) groups excluding carboxylic acids is 2. The number of nitrogens with zero attached hydrogens (tertiary/aromatic N) is 2. The van der Waals surface area contributed by atoms with Crippen molar-refractivity contribution in [2.75, 3.05) is 24.2 Å². The Balaban J connectivity index is 2.50. The van der Waals surface area contributed by atoms with Crippen LogP contribution in [0.25, 0.3) is 0 Å². The van der Waals surface area contributed by atoms with Crippen LogP contribution in [0.1, 0.15) is 58.1 Å². The van der Waals surface area contributed by atoms with Crippen molar-refractivity contribution in [2.45, 2.75) is 65.6 Å². The summed E-state index contributed by atoms with van der Waals surface area (Å²) in [5.41, 5.74) is 2.09. The van der Waals surface area contributed by atoms with Crippen LogP contribution in [0, 0.1) is 0 Å². The molecule has 0 aromatic heterocycles. The molecule has 2 aromatic rings. The summed E-state index contributed by atoms with van der Waals surface area (Å²) in [6.45, 7) is 9.23. The molecular formula is C27H39N3O5S. The van der Waals surface area contributed by atoms with Crippen LogP contribution in [0.2, 0.25) is 0 Å². The summed E-state index contributed by atoms with van der Waals surface area (Å²) >= 11 is 0. The molecule has 2 rings (SSSR count). The first kappa shape index (κ1) is 29.2. The number of para-hydroxylation sites is 1. The lowest BCUT2D eigenvalue weighted by Gasteiger charge is -2.33. The van der Waals surface area contributed by atoms with Gasteiger partial charge >= 0.3 is 0 Å². The summed E-state index contributed by atoms with van der Waals surface area (Å²) in [7, 11) is -2.21. The predicted octanol–water partition coefficient (Wildman–Crippen LogP) is 3.92. The summed E-state index contributed by atoms with van der Waals surface area (Å²) in [5.74, 6) is -0.00525. The first-order valence-corrected chi connectivity index (χ1v) is 14.0. The molecule has 0 spiro atoms. The normalized spacial score (nSPS) is 12.4. The van der Waals surface area contributed by atoms with E-state index < -0.39 is 28.5 Å². The summed E-state index contributed by atoms with van der Waals surface area (Å²) < 4.78 is 32.1. The van der Waals surface area contributed by atoms with Gasteiger partial charge in [-0.2, -0.15) is 0 Å². The van der Waals surface area contributed by atoms with Gasteiger partial charge in [0.15, 0.2) is 0 Å². The number of rotatable bonds is 12. The number of methoxy groups -OCH3 is 1. The number of nitrogens with one attached hydrogen (secondary N) is 1. The molecule has 0 saturated heterocycles. The Morgan fingerprint density at radius 2 is 1.61 bits per heavy atom. The fourth-order valence-electron chi connectivity index (χ4n) is 4.03. The average molecular weight is 518 g/mol. The molecule has 1 N–H and O–H groups in total. The Bertz CT molecular complexity index is 1130. The molecular weight excluding hydrogens is 478 g/mol. The molecule has 1 atom stereocenters. The van der Waals surface area contributed by atoms with Gasteiger partial charge in [-0.3, -0.25) is 13.9 Å². The van der Waals surface area contributed by atoms with E-state index in [9.17, 15) is 18.0 Å². The third-order valence-corrected chi connectivity index (χ3v) is 6.96. The molecule has 2 aromatic carbocycles. The Labute approximate surface area is 215 Å². The zero-order valence-corrected chi connectivity index (χ0v) is 23.1. The van der Waals surface area contributed by atoms with Crippen LogP contribution in [-0.2, 0) is 26.2 Å². The maximum absolute atomic E-state index is 13.8. The van der Waals surface area contributed by atoms with Crippen molar-refractivity contribution >= 4 is 27.5 Å². The molecule has 0 bridgehead atoms. The zero-order valence-electron chi connectivity index (χ0n) is 22.3. The van der Waals surface area contributed by atoms with Gasteiger partial charge in [0, 0.05) is 12.6 Å². The van der Waals surface area contributed by atoms with Gasteiger partial charge < -0.3 is 15.0 Å². The maximum Gasteiger partial charge on any atom is 0.244 e. The first-order valence-electron chi connectivity index (χ1n) is 12.2. The van der Waals surface area contributed by atoms with Crippen LogP contribution >= 0.6 is 0 Å². The van der Waals surface area contributed by atoms with Crippen molar-refractivity contribution in [3.05, 3.63) is 59.7 Å². The Morgan fingerprint density at radius 1 is 1.00 bits per heavy atom. The SMILES string of the molecule is CC[C@H](C(=O)NC(C)C)N(Cc1ccc(OC)cc1)C(=O)CN(c1ccccc1C(C)C)S(C)(=O)=O. The molecule has 2 amide bonds. The molecule has 9 heteroatoms. The Morgan fingerprint density at radius 3 is 2.11 bits per heavy atom. The highest BCUT2D eigenvalue weighted by Gasteiger charge is 2.32. The van der Waals surface area contributed by atoms with Crippen molar-refractivity contribution in [3.63, 3.8) is 0 Å². The smallest absolute Gasteiger partial charge is 0.244 e. The molecule has 8 nitrogen and oxygen atoms in total. The van der Waals surface area contributed by atoms with Gasteiger partial charge in [-0.25, -0.2) is 8.42 Å². The highest BCUT2D eigenvalue weighted by molar-refractivity contribution is 7.92. The maximum atomic E-state index is 13.8. The van der Waals surface area contributed by atoms with Crippen molar-refractivity contribution in [3.8, 4) is 5.75 Å². The van der Waals surface area contributed by atoms with Crippen LogP contribution in [0.5, 0.6) is 5.75 Å². The second-order valence-electron chi connectivity index (χ2n) is 9.44. The van der Waals surface area contributed by atoms with Crippen LogP contribution < -0.4 is 14.4 Å². The standard InChI is InChI=1S/C27H39N3O5S/c1-8-24(27(32)28-20(4)5)29(17-21-13-15-22(35-6)16-14-21)26(31)18-30(36(7,33)34)25-12-10-9-11-23(25)19(2)3/h9-16,19-20,24H,8,17-18H2,1-7H3,(H,28,32)/t24-/m1/s1. The van der Waals surface area contributed by atoms with Gasteiger partial charge in [0.2, 0.25) is 21.8 Å². The van der Waals surface area contributed by atoms with Crippen molar-refractivity contribution in [1.82, 2.24) is 10.2 Å². The van der Waals surface area contributed by atoms with Crippen molar-refractivity contribution < 1.29 is 22.7 Å². The highest BCUT2D eigenvalue weighted by atomic mass is 32.2. The molecule has 0 unspecified atom stereocenters. The minimum Gasteiger partial charge on any atom is -0.497 e. The molecule has 0 aliphatic rings. The van der Waals surface area contributed by atoms with Crippen LogP contribution in [0.15, 0.2) is 48.5 Å². The summed E-state index contributed by atoms with van der Waals surface area (Å²) in [5, 5.41) is 2.89. The van der Waals surface area contributed by atoms with Gasteiger partial charge in [-0.05, 0) is 55.5 Å². The lowest BCUT2D eigenvalue weighted by Crippen LogP contribution is -2.53. The van der Waals surface area contributed by atoms with Gasteiger partial charge in [-0.1, -0.05) is 51.1 Å². The molecule has 0 fully saturated rings. The summed E-state index contributed by atoms with van der Waals surface area (Å²) in [4.78, 5) is 28.3. The number of carbonyl (C=O) groups is 2. The quantitative estimate of drug-likeness (QED) is 0.460. The number of hydrogen-bond donors (Lipinski definition) is 1. The molecule has 0 heterocycles. The number of sulfonamides is 1. The van der Waals surface area contributed by atoms with Gasteiger partial charge in [-0.15, -0.1) is 0 Å². The van der Waals surface area contributed by atoms with E-state index in [2.05, 4.69) is 5.32 Å². The molecule has 0 aliphatic heterocycles. The Kier molecular flexibility index (Phi) is 10.3. The zero-order chi connectivity index (χ0) is 27.0. The van der Waals surface area contributed by atoms with E-state index >= 15 is 0 Å². The molecule has 0 aliphatic carbocycles. The van der Waals surface area contributed by atoms with Crippen molar-refractivity contribution in [2.24, 2.45) is 0 Å². The second-order valence-corrected chi connectivity index (χ2v) is 11.3. The van der Waals surface area contributed by atoms with E-state index in [1.165, 1.54) is 4.90 Å². The predicted molar refractivity (Wildman–Crippen MR) is 144 cm³/mol. The van der Waals surface area contributed by atoms with Crippen molar-refractivity contribution in [1.29, 1.82) is 0 Å². The fraction of sp³-hybridized carbons (Fsp3) is 0.481. The van der Waals surface area contributed by atoms with E-state index in [0.717, 1.165) is 21.7 Å². The largest absolute Gasteiger partial charge is 0.497 e. The third kappa shape index (κ3) is 7.71. The van der Waals surface area contributed by atoms with Gasteiger partial charge in [0.05, 0.1) is 19.1 Å². The number of anilines is 1. The lowest BCUT2D eigenvalue weighted by molar-refractivity contribution is -0.140. The van der Waals surface area contributed by atoms with E-state index in [-0.39, 0.29) is 24.4 Å².